The van der Waals surface area contributed by atoms with Gasteiger partial charge in [0.1, 0.15) is 6.07 Å². The van der Waals surface area contributed by atoms with E-state index in [1.807, 2.05) is 12.1 Å². The third-order valence-corrected chi connectivity index (χ3v) is 2.08. The number of hydrogen-bond donors (Lipinski definition) is 0. The Morgan fingerprint density at radius 1 is 1.13 bits per heavy atom. The highest BCUT2D eigenvalue weighted by Crippen LogP contribution is 2.24. The molecule has 0 atom stereocenters. The molecule has 0 saturated heterocycles. The number of rotatable bonds is 1. The Morgan fingerprint density at radius 2 is 1.87 bits per heavy atom. The molecule has 1 heterocycles. The van der Waals surface area contributed by atoms with Gasteiger partial charge < -0.3 is 0 Å². The Labute approximate surface area is 86.6 Å². The van der Waals surface area contributed by atoms with Gasteiger partial charge in [0, 0.05) is 11.8 Å². The first-order valence-corrected chi connectivity index (χ1v) is 4.42. The average molecular weight is 198 g/mol. The molecule has 1 aromatic heterocycles. The van der Waals surface area contributed by atoms with E-state index in [9.17, 15) is 4.39 Å². The minimum absolute atomic E-state index is 0.251. The van der Waals surface area contributed by atoms with Gasteiger partial charge in [0.25, 0.3) is 0 Å². The van der Waals surface area contributed by atoms with E-state index < -0.39 is 5.82 Å². The number of pyridine rings is 1. The quantitative estimate of drug-likeness (QED) is 0.706. The van der Waals surface area contributed by atoms with Gasteiger partial charge in [-0.1, -0.05) is 30.3 Å². The summed E-state index contributed by atoms with van der Waals surface area (Å²) in [6.45, 7) is 0. The minimum atomic E-state index is -0.472. The van der Waals surface area contributed by atoms with Crippen molar-refractivity contribution in [3.8, 4) is 17.2 Å². The smallest absolute Gasteiger partial charge is 0.150 e. The van der Waals surface area contributed by atoms with Crippen LogP contribution >= 0.6 is 0 Å². The highest BCUT2D eigenvalue weighted by molar-refractivity contribution is 5.70. The molecule has 15 heavy (non-hydrogen) atoms. The van der Waals surface area contributed by atoms with Crippen LogP contribution < -0.4 is 0 Å². The molecule has 0 bridgehead atoms. The monoisotopic (exact) mass is 198 g/mol. The Morgan fingerprint density at radius 3 is 2.53 bits per heavy atom. The van der Waals surface area contributed by atoms with Gasteiger partial charge in [-0.2, -0.15) is 5.26 Å². The Balaban J connectivity index is 2.68. The SMILES string of the molecule is N#Cc1cncc(F)c1-c1ccccc1. The van der Waals surface area contributed by atoms with E-state index >= 15 is 0 Å². The molecule has 0 radical (unpaired) electrons. The molecule has 1 aromatic carbocycles. The van der Waals surface area contributed by atoms with Gasteiger partial charge in [-0.05, 0) is 5.56 Å². The van der Waals surface area contributed by atoms with E-state index in [1.165, 1.54) is 6.20 Å². The molecule has 0 fully saturated rings. The van der Waals surface area contributed by atoms with E-state index in [4.69, 9.17) is 5.26 Å². The normalized spacial score (nSPS) is 9.60. The van der Waals surface area contributed by atoms with Crippen LogP contribution in [0.1, 0.15) is 5.56 Å². The second-order valence-corrected chi connectivity index (χ2v) is 3.02. The van der Waals surface area contributed by atoms with Crippen molar-refractivity contribution in [3.05, 3.63) is 54.1 Å². The van der Waals surface area contributed by atoms with Crippen molar-refractivity contribution in [1.82, 2.24) is 4.98 Å². The van der Waals surface area contributed by atoms with Crippen molar-refractivity contribution in [3.63, 3.8) is 0 Å². The summed E-state index contributed by atoms with van der Waals surface area (Å²) in [7, 11) is 0. The predicted octanol–water partition coefficient (Wildman–Crippen LogP) is 2.76. The van der Waals surface area contributed by atoms with Crippen molar-refractivity contribution in [2.45, 2.75) is 0 Å². The maximum absolute atomic E-state index is 13.5. The Bertz CT molecular complexity index is 515. The van der Waals surface area contributed by atoms with E-state index in [0.29, 0.717) is 11.1 Å². The highest BCUT2D eigenvalue weighted by Gasteiger charge is 2.10. The Hall–Kier alpha value is -2.21. The van der Waals surface area contributed by atoms with Gasteiger partial charge in [0.2, 0.25) is 0 Å². The summed E-state index contributed by atoms with van der Waals surface area (Å²) in [6.07, 6.45) is 2.48. The van der Waals surface area contributed by atoms with Crippen LogP contribution in [0.4, 0.5) is 4.39 Å². The molecule has 0 saturated carbocycles. The fourth-order valence-electron chi connectivity index (χ4n) is 1.42. The van der Waals surface area contributed by atoms with Crippen LogP contribution in [0.3, 0.4) is 0 Å². The zero-order chi connectivity index (χ0) is 10.7. The van der Waals surface area contributed by atoms with Gasteiger partial charge in [-0.3, -0.25) is 4.98 Å². The molecule has 2 nitrogen and oxygen atoms in total. The molecule has 0 aliphatic carbocycles. The molecular weight excluding hydrogens is 191 g/mol. The second kappa shape index (κ2) is 3.89. The fraction of sp³-hybridized carbons (Fsp3) is 0. The van der Waals surface area contributed by atoms with Crippen molar-refractivity contribution in [1.29, 1.82) is 5.26 Å². The standard InChI is InChI=1S/C12H7FN2/c13-11-8-15-7-10(6-14)12(11)9-4-2-1-3-5-9/h1-5,7-8H. The van der Waals surface area contributed by atoms with Gasteiger partial charge in [-0.15, -0.1) is 0 Å². The van der Waals surface area contributed by atoms with E-state index in [-0.39, 0.29) is 5.56 Å². The number of nitriles is 1. The highest BCUT2D eigenvalue weighted by atomic mass is 19.1. The molecule has 0 amide bonds. The lowest BCUT2D eigenvalue weighted by molar-refractivity contribution is 0.624. The summed E-state index contributed by atoms with van der Waals surface area (Å²) in [5, 5.41) is 8.85. The molecule has 0 aliphatic rings. The molecular formula is C12H7FN2. The summed E-state index contributed by atoms with van der Waals surface area (Å²) in [6, 6.07) is 10.9. The van der Waals surface area contributed by atoms with Crippen molar-refractivity contribution in [2.75, 3.05) is 0 Å². The zero-order valence-corrected chi connectivity index (χ0v) is 7.81. The number of aromatic nitrogens is 1. The van der Waals surface area contributed by atoms with Crippen LogP contribution in [0.2, 0.25) is 0 Å². The summed E-state index contributed by atoms with van der Waals surface area (Å²) in [5.74, 6) is -0.472. The Kier molecular flexibility index (Phi) is 2.42. The second-order valence-electron chi connectivity index (χ2n) is 3.02. The van der Waals surface area contributed by atoms with Gasteiger partial charge in [-0.25, -0.2) is 4.39 Å². The molecule has 0 N–H and O–H groups in total. The van der Waals surface area contributed by atoms with Crippen molar-refractivity contribution in [2.24, 2.45) is 0 Å². The molecule has 0 unspecified atom stereocenters. The molecule has 0 aliphatic heterocycles. The summed E-state index contributed by atoms with van der Waals surface area (Å²) in [5.41, 5.74) is 1.25. The topological polar surface area (TPSA) is 36.7 Å². The van der Waals surface area contributed by atoms with Gasteiger partial charge >= 0.3 is 0 Å². The number of benzene rings is 1. The fourth-order valence-corrected chi connectivity index (χ4v) is 1.42. The van der Waals surface area contributed by atoms with Gasteiger partial charge in [0.05, 0.1) is 11.8 Å². The first-order chi connectivity index (χ1) is 7.33. The lowest BCUT2D eigenvalue weighted by atomic mass is 10.0. The van der Waals surface area contributed by atoms with Crippen LogP contribution in [0, 0.1) is 17.1 Å². The van der Waals surface area contributed by atoms with E-state index in [1.54, 1.807) is 24.3 Å². The van der Waals surface area contributed by atoms with Crippen molar-refractivity contribution >= 4 is 0 Å². The lowest BCUT2D eigenvalue weighted by Crippen LogP contribution is -1.91. The predicted molar refractivity (Wildman–Crippen MR) is 54.3 cm³/mol. The van der Waals surface area contributed by atoms with E-state index in [0.717, 1.165) is 6.20 Å². The minimum Gasteiger partial charge on any atom is -0.260 e. The third kappa shape index (κ3) is 1.70. The maximum atomic E-state index is 13.5. The van der Waals surface area contributed by atoms with Crippen LogP contribution in [0.25, 0.3) is 11.1 Å². The zero-order valence-electron chi connectivity index (χ0n) is 7.81. The summed E-state index contributed by atoms with van der Waals surface area (Å²) in [4.78, 5) is 3.64. The van der Waals surface area contributed by atoms with Crippen LogP contribution in [0.15, 0.2) is 42.7 Å². The van der Waals surface area contributed by atoms with Crippen LogP contribution in [-0.2, 0) is 0 Å². The van der Waals surface area contributed by atoms with Crippen LogP contribution in [-0.4, -0.2) is 4.98 Å². The number of halogens is 1. The number of nitrogens with zero attached hydrogens (tertiary/aromatic N) is 2. The third-order valence-electron chi connectivity index (χ3n) is 2.08. The lowest BCUT2D eigenvalue weighted by Gasteiger charge is -2.04. The molecule has 3 heteroatoms. The van der Waals surface area contributed by atoms with Crippen molar-refractivity contribution < 1.29 is 4.39 Å². The first kappa shape index (κ1) is 9.35. The molecule has 2 rings (SSSR count). The van der Waals surface area contributed by atoms with E-state index in [2.05, 4.69) is 4.98 Å². The number of hydrogen-bond acceptors (Lipinski definition) is 2. The maximum Gasteiger partial charge on any atom is 0.150 e. The average Bonchev–Trinajstić information content (AvgIpc) is 2.29. The largest absolute Gasteiger partial charge is 0.260 e. The molecule has 0 spiro atoms. The van der Waals surface area contributed by atoms with Gasteiger partial charge in [0.15, 0.2) is 5.82 Å². The molecule has 2 aromatic rings. The van der Waals surface area contributed by atoms with Crippen LogP contribution in [0.5, 0.6) is 0 Å². The molecule has 72 valence electrons. The summed E-state index contributed by atoms with van der Waals surface area (Å²) >= 11 is 0. The first-order valence-electron chi connectivity index (χ1n) is 4.42. The summed E-state index contributed by atoms with van der Waals surface area (Å²) < 4.78 is 13.5.